The Labute approximate surface area is 140 Å². The lowest BCUT2D eigenvalue weighted by Crippen LogP contribution is -2.33. The highest BCUT2D eigenvalue weighted by atomic mass is 32.2. The highest BCUT2D eigenvalue weighted by molar-refractivity contribution is 7.99. The lowest BCUT2D eigenvalue weighted by atomic mass is 10.2. The molecule has 0 radical (unpaired) electrons. The molecule has 0 bridgehead atoms. The molecule has 1 amide bonds. The van der Waals surface area contributed by atoms with Gasteiger partial charge in [-0.2, -0.15) is 0 Å². The van der Waals surface area contributed by atoms with Gasteiger partial charge in [-0.3, -0.25) is 14.2 Å². The van der Waals surface area contributed by atoms with Gasteiger partial charge in [-0.15, -0.1) is 0 Å². The zero-order chi connectivity index (χ0) is 16.8. The number of thioether (sulfide) groups is 1. The van der Waals surface area contributed by atoms with Gasteiger partial charge in [0.1, 0.15) is 0 Å². The minimum atomic E-state index is -0.0396. The number of fused-ring (bicyclic) bond motifs is 1. The van der Waals surface area contributed by atoms with Crippen molar-refractivity contribution in [2.45, 2.75) is 51.4 Å². The molecule has 0 spiro atoms. The summed E-state index contributed by atoms with van der Waals surface area (Å²) in [5, 5.41) is 4.15. The maximum Gasteiger partial charge on any atom is 0.262 e. The van der Waals surface area contributed by atoms with Crippen molar-refractivity contribution in [1.29, 1.82) is 0 Å². The first-order valence-corrected chi connectivity index (χ1v) is 8.97. The molecule has 0 aliphatic heterocycles. The standard InChI is InChI=1S/C17H23N3O2S/c1-4-10-20-16(22)13-8-6-7-9-14(13)19-17(20)23-11-15(21)18-12(3)5-2/h6-9,12H,4-5,10-11H2,1-3H3,(H,18,21). The van der Waals surface area contributed by atoms with Crippen molar-refractivity contribution in [3.8, 4) is 0 Å². The van der Waals surface area contributed by atoms with Gasteiger partial charge in [-0.25, -0.2) is 4.98 Å². The molecule has 0 aliphatic carbocycles. The number of para-hydroxylation sites is 1. The summed E-state index contributed by atoms with van der Waals surface area (Å²) in [6.45, 7) is 6.63. The first kappa shape index (κ1) is 17.5. The predicted octanol–water partition coefficient (Wildman–Crippen LogP) is 2.81. The van der Waals surface area contributed by atoms with Crippen molar-refractivity contribution in [3.05, 3.63) is 34.6 Å². The molecule has 1 unspecified atom stereocenters. The number of hydrogen-bond donors (Lipinski definition) is 1. The van der Waals surface area contributed by atoms with E-state index in [2.05, 4.69) is 10.3 Å². The lowest BCUT2D eigenvalue weighted by molar-refractivity contribution is -0.119. The molecule has 2 aromatic rings. The predicted molar refractivity (Wildman–Crippen MR) is 94.9 cm³/mol. The number of aromatic nitrogens is 2. The second-order valence-corrected chi connectivity index (χ2v) is 6.48. The van der Waals surface area contributed by atoms with E-state index in [9.17, 15) is 9.59 Å². The van der Waals surface area contributed by atoms with Gasteiger partial charge < -0.3 is 5.32 Å². The van der Waals surface area contributed by atoms with Crippen LogP contribution in [0.3, 0.4) is 0 Å². The Morgan fingerprint density at radius 1 is 1.35 bits per heavy atom. The minimum absolute atomic E-state index is 0.0326. The maximum absolute atomic E-state index is 12.6. The molecule has 1 heterocycles. The average Bonchev–Trinajstić information content (AvgIpc) is 2.55. The van der Waals surface area contributed by atoms with Crippen LogP contribution in [0.2, 0.25) is 0 Å². The molecule has 124 valence electrons. The number of carbonyl (C=O) groups excluding carboxylic acids is 1. The van der Waals surface area contributed by atoms with Crippen molar-refractivity contribution in [2.75, 3.05) is 5.75 Å². The third-order valence-corrected chi connectivity index (χ3v) is 4.60. The van der Waals surface area contributed by atoms with E-state index in [0.29, 0.717) is 22.6 Å². The van der Waals surface area contributed by atoms with Crippen LogP contribution in [0.15, 0.2) is 34.2 Å². The Kier molecular flexibility index (Phi) is 6.21. The fraction of sp³-hybridized carbons (Fsp3) is 0.471. The van der Waals surface area contributed by atoms with Crippen LogP contribution in [0.5, 0.6) is 0 Å². The van der Waals surface area contributed by atoms with Crippen LogP contribution in [-0.4, -0.2) is 27.3 Å². The van der Waals surface area contributed by atoms with Gasteiger partial charge in [0.05, 0.1) is 16.7 Å². The van der Waals surface area contributed by atoms with E-state index in [1.807, 2.05) is 39.0 Å². The van der Waals surface area contributed by atoms with Crippen LogP contribution in [0.4, 0.5) is 0 Å². The largest absolute Gasteiger partial charge is 0.353 e. The third-order valence-electron chi connectivity index (χ3n) is 3.63. The van der Waals surface area contributed by atoms with Crippen molar-refractivity contribution >= 4 is 28.6 Å². The van der Waals surface area contributed by atoms with Crippen LogP contribution >= 0.6 is 11.8 Å². The van der Waals surface area contributed by atoms with Gasteiger partial charge in [0.25, 0.3) is 5.56 Å². The molecule has 0 saturated heterocycles. The SMILES string of the molecule is CCCn1c(SCC(=O)NC(C)CC)nc2ccccc2c1=O. The number of nitrogens with one attached hydrogen (secondary N) is 1. The van der Waals surface area contributed by atoms with Crippen molar-refractivity contribution in [2.24, 2.45) is 0 Å². The molecule has 2 rings (SSSR count). The van der Waals surface area contributed by atoms with E-state index in [0.717, 1.165) is 12.8 Å². The van der Waals surface area contributed by atoms with Gasteiger partial charge in [-0.1, -0.05) is 37.7 Å². The molecule has 0 fully saturated rings. The van der Waals surface area contributed by atoms with Crippen LogP contribution in [0.1, 0.15) is 33.6 Å². The summed E-state index contributed by atoms with van der Waals surface area (Å²) in [7, 11) is 0. The molecule has 0 saturated carbocycles. The highest BCUT2D eigenvalue weighted by Gasteiger charge is 2.13. The summed E-state index contributed by atoms with van der Waals surface area (Å²) in [5.74, 6) is 0.230. The number of carbonyl (C=O) groups is 1. The smallest absolute Gasteiger partial charge is 0.262 e. The molecule has 6 heteroatoms. The van der Waals surface area contributed by atoms with Crippen LogP contribution in [0, 0.1) is 0 Å². The molecule has 1 aromatic carbocycles. The second kappa shape index (κ2) is 8.15. The Hall–Kier alpha value is -1.82. The minimum Gasteiger partial charge on any atom is -0.353 e. The Balaban J connectivity index is 2.26. The van der Waals surface area contributed by atoms with Crippen LogP contribution < -0.4 is 10.9 Å². The molecular formula is C17H23N3O2S. The van der Waals surface area contributed by atoms with Crippen molar-refractivity contribution in [3.63, 3.8) is 0 Å². The number of hydrogen-bond acceptors (Lipinski definition) is 4. The summed E-state index contributed by atoms with van der Waals surface area (Å²) in [5.41, 5.74) is 0.636. The van der Waals surface area contributed by atoms with Gasteiger partial charge >= 0.3 is 0 Å². The second-order valence-electron chi connectivity index (χ2n) is 5.53. The molecule has 1 aromatic heterocycles. The topological polar surface area (TPSA) is 64.0 Å². The normalized spacial score (nSPS) is 12.3. The van der Waals surface area contributed by atoms with E-state index in [1.54, 1.807) is 10.6 Å². The number of rotatable bonds is 7. The van der Waals surface area contributed by atoms with Gasteiger partial charge in [0.2, 0.25) is 5.91 Å². The van der Waals surface area contributed by atoms with Gasteiger partial charge in [0, 0.05) is 12.6 Å². The average molecular weight is 333 g/mol. The first-order valence-electron chi connectivity index (χ1n) is 7.98. The number of benzene rings is 1. The Bertz CT molecular complexity index is 742. The molecular weight excluding hydrogens is 310 g/mol. The Morgan fingerprint density at radius 2 is 2.09 bits per heavy atom. The monoisotopic (exact) mass is 333 g/mol. The third kappa shape index (κ3) is 4.34. The quantitative estimate of drug-likeness (QED) is 0.625. The lowest BCUT2D eigenvalue weighted by Gasteiger charge is -2.13. The number of nitrogens with zero attached hydrogens (tertiary/aromatic N) is 2. The van der Waals surface area contributed by atoms with E-state index < -0.39 is 0 Å². The fourth-order valence-corrected chi connectivity index (χ4v) is 3.06. The highest BCUT2D eigenvalue weighted by Crippen LogP contribution is 2.18. The summed E-state index contributed by atoms with van der Waals surface area (Å²) >= 11 is 1.32. The zero-order valence-corrected chi connectivity index (χ0v) is 14.7. The van der Waals surface area contributed by atoms with E-state index in [4.69, 9.17) is 0 Å². The van der Waals surface area contributed by atoms with Crippen LogP contribution in [0.25, 0.3) is 10.9 Å². The summed E-state index contributed by atoms with van der Waals surface area (Å²) < 4.78 is 1.67. The molecule has 0 aliphatic rings. The van der Waals surface area contributed by atoms with Gasteiger partial charge in [-0.05, 0) is 31.9 Å². The van der Waals surface area contributed by atoms with Crippen molar-refractivity contribution < 1.29 is 4.79 Å². The molecule has 1 atom stereocenters. The first-order chi connectivity index (χ1) is 11.1. The van der Waals surface area contributed by atoms with E-state index in [-0.39, 0.29) is 23.3 Å². The summed E-state index contributed by atoms with van der Waals surface area (Å²) in [4.78, 5) is 29.1. The van der Waals surface area contributed by atoms with E-state index >= 15 is 0 Å². The Morgan fingerprint density at radius 3 is 2.78 bits per heavy atom. The molecule has 1 N–H and O–H groups in total. The van der Waals surface area contributed by atoms with E-state index in [1.165, 1.54) is 11.8 Å². The summed E-state index contributed by atoms with van der Waals surface area (Å²) in [6.07, 6.45) is 1.73. The number of amides is 1. The molecule has 5 nitrogen and oxygen atoms in total. The van der Waals surface area contributed by atoms with Gasteiger partial charge in [0.15, 0.2) is 5.16 Å². The zero-order valence-electron chi connectivity index (χ0n) is 13.8. The molecule has 23 heavy (non-hydrogen) atoms. The summed E-state index contributed by atoms with van der Waals surface area (Å²) in [6, 6.07) is 7.49. The van der Waals surface area contributed by atoms with Crippen molar-refractivity contribution in [1.82, 2.24) is 14.9 Å². The fourth-order valence-electron chi connectivity index (χ4n) is 2.23. The maximum atomic E-state index is 12.6. The van der Waals surface area contributed by atoms with Crippen LogP contribution in [-0.2, 0) is 11.3 Å².